The zero-order valence-electron chi connectivity index (χ0n) is 30.9. The van der Waals surface area contributed by atoms with Crippen molar-refractivity contribution in [2.24, 2.45) is 0 Å². The fraction of sp³-hybridized carbons (Fsp3) is 0.366. The van der Waals surface area contributed by atoms with Crippen molar-refractivity contribution in [2.45, 2.75) is 96.7 Å². The molecule has 0 amide bonds. The first-order valence-corrected chi connectivity index (χ1v) is 19.1. The van der Waals surface area contributed by atoms with Crippen LogP contribution in [0.3, 0.4) is 0 Å². The van der Waals surface area contributed by atoms with Crippen molar-refractivity contribution in [2.75, 3.05) is 5.75 Å². The molecule has 0 saturated carbocycles. The van der Waals surface area contributed by atoms with E-state index in [-0.39, 0.29) is 30.4 Å². The SMILES string of the molecule is CC.CCCSc1nccc(-c2c(-c3ccc(F)cc3)nc(-c3ccccc3)n2CCC2CC(CC(=O)OC(C)(C)C)OB(c3ccccc3)O2)n1. The van der Waals surface area contributed by atoms with Gasteiger partial charge in [0.1, 0.15) is 17.2 Å². The number of carbonyl (C=O) groups excluding carboxylic acids is 1. The summed E-state index contributed by atoms with van der Waals surface area (Å²) in [7, 11) is -0.631. The Morgan fingerprint density at radius 2 is 1.60 bits per heavy atom. The van der Waals surface area contributed by atoms with E-state index in [4.69, 9.17) is 24.0 Å². The van der Waals surface area contributed by atoms with Crippen molar-refractivity contribution in [1.82, 2.24) is 19.5 Å². The molecule has 2 aromatic heterocycles. The summed E-state index contributed by atoms with van der Waals surface area (Å²) >= 11 is 1.61. The number of ether oxygens (including phenoxy) is 1. The topological polar surface area (TPSA) is 88.4 Å². The normalized spacial score (nSPS) is 15.9. The Labute approximate surface area is 311 Å². The zero-order valence-corrected chi connectivity index (χ0v) is 31.7. The number of imidazole rings is 1. The molecule has 0 aliphatic carbocycles. The fourth-order valence-corrected chi connectivity index (χ4v) is 6.68. The summed E-state index contributed by atoms with van der Waals surface area (Å²) < 4.78 is 34.9. The number of nitrogens with zero attached hydrogens (tertiary/aromatic N) is 4. The molecule has 1 aliphatic heterocycles. The number of rotatable bonds is 12. The van der Waals surface area contributed by atoms with Crippen molar-refractivity contribution in [3.63, 3.8) is 0 Å². The number of aromatic nitrogens is 4. The number of carbonyl (C=O) groups is 1. The van der Waals surface area contributed by atoms with Gasteiger partial charge in [-0.05, 0) is 75.8 Å². The van der Waals surface area contributed by atoms with E-state index in [1.165, 1.54) is 12.1 Å². The van der Waals surface area contributed by atoms with Crippen LogP contribution in [-0.4, -0.2) is 56.2 Å². The van der Waals surface area contributed by atoms with Gasteiger partial charge in [-0.25, -0.2) is 19.3 Å². The van der Waals surface area contributed by atoms with Crippen molar-refractivity contribution in [1.29, 1.82) is 0 Å². The molecule has 11 heteroatoms. The van der Waals surface area contributed by atoms with E-state index >= 15 is 0 Å². The van der Waals surface area contributed by atoms with Gasteiger partial charge in [-0.1, -0.05) is 93.2 Å². The quantitative estimate of drug-likeness (QED) is 0.0546. The van der Waals surface area contributed by atoms with Gasteiger partial charge < -0.3 is 18.6 Å². The molecule has 2 atom stereocenters. The molecule has 3 aromatic carbocycles. The van der Waals surface area contributed by atoms with Crippen LogP contribution < -0.4 is 5.46 Å². The molecule has 2 unspecified atom stereocenters. The molecule has 6 rings (SSSR count). The second-order valence-electron chi connectivity index (χ2n) is 13.3. The molecule has 0 bridgehead atoms. The van der Waals surface area contributed by atoms with Gasteiger partial charge in [-0.2, -0.15) is 0 Å². The lowest BCUT2D eigenvalue weighted by molar-refractivity contribution is -0.157. The van der Waals surface area contributed by atoms with Gasteiger partial charge in [-0.15, -0.1) is 0 Å². The number of hydrogen-bond acceptors (Lipinski definition) is 8. The summed E-state index contributed by atoms with van der Waals surface area (Å²) in [4.78, 5) is 27.6. The molecular weight excluding hydrogens is 674 g/mol. The van der Waals surface area contributed by atoms with Crippen LogP contribution in [0.4, 0.5) is 4.39 Å². The highest BCUT2D eigenvalue weighted by Gasteiger charge is 2.37. The maximum atomic E-state index is 14.1. The highest BCUT2D eigenvalue weighted by atomic mass is 32.2. The van der Waals surface area contributed by atoms with Crippen LogP contribution in [-0.2, 0) is 25.4 Å². The third-order valence-corrected chi connectivity index (χ3v) is 9.21. The minimum absolute atomic E-state index is 0.125. The van der Waals surface area contributed by atoms with Gasteiger partial charge >= 0.3 is 13.1 Å². The second kappa shape index (κ2) is 18.4. The standard InChI is InChI=1S/C39H42BFN4O4S.C2H6/c1-5-24-50-38-42-22-20-33(43-38)36-35(27-16-18-30(41)19-17-27)44-37(28-12-8-6-9-13-28)45(36)23-21-31-25-32(26-34(46)47-39(2,3)4)49-40(48-31)29-14-10-7-11-15-29;1-2/h6-20,22,31-32H,5,21,23-26H2,1-4H3;1-2H3. The minimum Gasteiger partial charge on any atom is -0.460 e. The molecule has 0 radical (unpaired) electrons. The van der Waals surface area contributed by atoms with Gasteiger partial charge in [0.15, 0.2) is 5.16 Å². The molecule has 3 heterocycles. The lowest BCUT2D eigenvalue weighted by Gasteiger charge is -2.35. The molecule has 0 N–H and O–H groups in total. The van der Waals surface area contributed by atoms with Crippen molar-refractivity contribution in [3.8, 4) is 34.0 Å². The largest absolute Gasteiger partial charge is 0.494 e. The van der Waals surface area contributed by atoms with Gasteiger partial charge in [-0.3, -0.25) is 4.79 Å². The Kier molecular flexibility index (Phi) is 13.8. The van der Waals surface area contributed by atoms with Crippen molar-refractivity contribution < 1.29 is 23.2 Å². The Morgan fingerprint density at radius 3 is 2.27 bits per heavy atom. The summed E-state index contributed by atoms with van der Waals surface area (Å²) in [5.41, 5.74) is 4.25. The van der Waals surface area contributed by atoms with Crippen LogP contribution in [0, 0.1) is 5.82 Å². The molecule has 1 fully saturated rings. The average Bonchev–Trinajstić information content (AvgIpc) is 3.53. The molecular formula is C41H48BFN4O4S. The van der Waals surface area contributed by atoms with Crippen LogP contribution in [0.25, 0.3) is 34.0 Å². The highest BCUT2D eigenvalue weighted by Crippen LogP contribution is 2.37. The molecule has 272 valence electrons. The Morgan fingerprint density at radius 1 is 0.923 bits per heavy atom. The van der Waals surface area contributed by atoms with E-state index in [2.05, 4.69) is 16.5 Å². The number of hydrogen-bond donors (Lipinski definition) is 0. The fourth-order valence-electron chi connectivity index (χ4n) is 6.00. The predicted octanol–water partition coefficient (Wildman–Crippen LogP) is 9.03. The molecule has 0 spiro atoms. The Balaban J connectivity index is 0.00000257. The maximum absolute atomic E-state index is 14.1. The van der Waals surface area contributed by atoms with E-state index < -0.39 is 12.7 Å². The number of benzene rings is 3. The number of halogens is 1. The molecule has 8 nitrogen and oxygen atoms in total. The third kappa shape index (κ3) is 10.4. The average molecular weight is 723 g/mol. The van der Waals surface area contributed by atoms with Crippen molar-refractivity contribution >= 4 is 30.3 Å². The highest BCUT2D eigenvalue weighted by molar-refractivity contribution is 7.99. The van der Waals surface area contributed by atoms with Gasteiger partial charge in [0.25, 0.3) is 0 Å². The van der Waals surface area contributed by atoms with Gasteiger partial charge in [0.2, 0.25) is 0 Å². The lowest BCUT2D eigenvalue weighted by atomic mass is 9.76. The van der Waals surface area contributed by atoms with E-state index in [9.17, 15) is 9.18 Å². The smallest absolute Gasteiger partial charge is 0.460 e. The first-order valence-electron chi connectivity index (χ1n) is 18.1. The lowest BCUT2D eigenvalue weighted by Crippen LogP contribution is -2.49. The first kappa shape index (κ1) is 38.9. The second-order valence-corrected chi connectivity index (χ2v) is 14.4. The summed E-state index contributed by atoms with van der Waals surface area (Å²) in [5, 5.41) is 0.687. The van der Waals surface area contributed by atoms with Crippen LogP contribution >= 0.6 is 11.8 Å². The third-order valence-electron chi connectivity index (χ3n) is 8.15. The van der Waals surface area contributed by atoms with Crippen LogP contribution in [0.5, 0.6) is 0 Å². The molecule has 5 aromatic rings. The Bertz CT molecular complexity index is 1870. The van der Waals surface area contributed by atoms with E-state index in [0.717, 1.165) is 46.0 Å². The summed E-state index contributed by atoms with van der Waals surface area (Å²) in [6.07, 6.45) is 3.39. The van der Waals surface area contributed by atoms with Gasteiger partial charge in [0.05, 0.1) is 29.6 Å². The van der Waals surface area contributed by atoms with Crippen LogP contribution in [0.2, 0.25) is 0 Å². The van der Waals surface area contributed by atoms with Gasteiger partial charge in [0, 0.05) is 35.7 Å². The first-order chi connectivity index (χ1) is 25.2. The van der Waals surface area contributed by atoms with E-state index in [1.54, 1.807) is 30.1 Å². The van der Waals surface area contributed by atoms with E-state index in [1.807, 2.05) is 101 Å². The number of thioether (sulfide) groups is 1. The van der Waals surface area contributed by atoms with E-state index in [0.29, 0.717) is 30.2 Å². The summed E-state index contributed by atoms with van der Waals surface area (Å²) in [5.74, 6) is 1.04. The zero-order chi connectivity index (χ0) is 37.1. The predicted molar refractivity (Wildman–Crippen MR) is 208 cm³/mol. The Hall–Kier alpha value is -4.32. The maximum Gasteiger partial charge on any atom is 0.494 e. The van der Waals surface area contributed by atoms with Crippen LogP contribution in [0.15, 0.2) is 102 Å². The number of esters is 1. The molecule has 52 heavy (non-hydrogen) atoms. The monoisotopic (exact) mass is 722 g/mol. The van der Waals surface area contributed by atoms with Crippen LogP contribution in [0.1, 0.15) is 67.2 Å². The van der Waals surface area contributed by atoms with Crippen molar-refractivity contribution in [3.05, 3.63) is 103 Å². The summed E-state index contributed by atoms with van der Waals surface area (Å²) in [6, 6.07) is 28.1. The summed E-state index contributed by atoms with van der Waals surface area (Å²) in [6.45, 7) is 12.2. The molecule has 1 aliphatic rings. The minimum atomic E-state index is -0.631. The molecule has 1 saturated heterocycles.